The van der Waals surface area contributed by atoms with Gasteiger partial charge >= 0.3 is 0 Å². The second-order valence-corrected chi connectivity index (χ2v) is 7.51. The molecule has 2 heteroatoms. The molecule has 2 radical (unpaired) electrons. The number of rotatable bonds is 0. The lowest BCUT2D eigenvalue weighted by molar-refractivity contribution is 1.70. The fraction of sp³-hybridized carbons (Fsp3) is 0. The first-order valence-electron chi connectivity index (χ1n) is 8.08. The van der Waals surface area contributed by atoms with Crippen molar-refractivity contribution >= 4 is 55.6 Å². The van der Waals surface area contributed by atoms with Gasteiger partial charge in [-0.2, -0.15) is 0 Å². The maximum atomic E-state index is 5.99. The van der Waals surface area contributed by atoms with Crippen LogP contribution < -0.4 is 5.46 Å². The Hall–Kier alpha value is -2.58. The SMILES string of the molecule is [B]c1ccc2c(c1)sc1cc3c4c(cccc4c12)-c1ccccc1-3. The topological polar surface area (TPSA) is 0 Å². The molecule has 0 aliphatic heterocycles. The van der Waals surface area contributed by atoms with Crippen LogP contribution >= 0.6 is 11.3 Å². The van der Waals surface area contributed by atoms with E-state index in [0.717, 1.165) is 5.46 Å². The standard InChI is InChI=1S/C22H11BS/c23-12-8-9-16-19(10-12)24-20-11-18-14-5-2-1-4-13(14)15-6-3-7-17(21(15)18)22(16)20/h1-11H. The van der Waals surface area contributed by atoms with E-state index in [0.29, 0.717) is 0 Å². The predicted octanol–water partition coefficient (Wildman–Crippen LogP) is 5.65. The van der Waals surface area contributed by atoms with Gasteiger partial charge in [-0.25, -0.2) is 0 Å². The number of hydrogen-bond donors (Lipinski definition) is 0. The summed E-state index contributed by atoms with van der Waals surface area (Å²) in [5.41, 5.74) is 6.25. The molecule has 0 N–H and O–H groups in total. The van der Waals surface area contributed by atoms with Gasteiger partial charge in [0.15, 0.2) is 0 Å². The zero-order chi connectivity index (χ0) is 15.8. The summed E-state index contributed by atoms with van der Waals surface area (Å²) in [5, 5.41) is 5.42. The minimum absolute atomic E-state index is 0.830. The minimum atomic E-state index is 0.830. The molecule has 1 aliphatic rings. The third-order valence-electron chi connectivity index (χ3n) is 5.13. The van der Waals surface area contributed by atoms with Crippen LogP contribution in [-0.2, 0) is 0 Å². The lowest BCUT2D eigenvalue weighted by atomic mass is 9.94. The van der Waals surface area contributed by atoms with E-state index in [1.165, 1.54) is 53.2 Å². The van der Waals surface area contributed by atoms with Crippen LogP contribution in [0, 0.1) is 0 Å². The van der Waals surface area contributed by atoms with Crippen molar-refractivity contribution in [1.29, 1.82) is 0 Å². The molecule has 0 unspecified atom stereocenters. The summed E-state index contributed by atoms with van der Waals surface area (Å²) in [5.74, 6) is 0. The Bertz CT molecular complexity index is 1310. The van der Waals surface area contributed by atoms with Crippen molar-refractivity contribution in [1.82, 2.24) is 0 Å². The molecular weight excluding hydrogens is 307 g/mol. The maximum Gasteiger partial charge on any atom is 0.113 e. The van der Waals surface area contributed by atoms with Gasteiger partial charge in [-0.3, -0.25) is 0 Å². The highest BCUT2D eigenvalue weighted by molar-refractivity contribution is 7.26. The molecule has 0 saturated heterocycles. The molecule has 1 heterocycles. The minimum Gasteiger partial charge on any atom is -0.135 e. The lowest BCUT2D eigenvalue weighted by Gasteiger charge is -2.05. The monoisotopic (exact) mass is 318 g/mol. The van der Waals surface area contributed by atoms with Gasteiger partial charge in [0, 0.05) is 20.2 Å². The number of benzene rings is 4. The third kappa shape index (κ3) is 1.45. The molecule has 0 bridgehead atoms. The fourth-order valence-corrected chi connectivity index (χ4v) is 5.37. The molecule has 0 atom stereocenters. The van der Waals surface area contributed by atoms with Crippen LogP contribution in [0.3, 0.4) is 0 Å². The molecule has 24 heavy (non-hydrogen) atoms. The summed E-state index contributed by atoms with van der Waals surface area (Å²) >= 11 is 1.84. The van der Waals surface area contributed by atoms with Crippen molar-refractivity contribution in [2.75, 3.05) is 0 Å². The van der Waals surface area contributed by atoms with Crippen molar-refractivity contribution in [3.8, 4) is 22.3 Å². The van der Waals surface area contributed by atoms with E-state index in [9.17, 15) is 0 Å². The molecular formula is C22H11BS. The predicted molar refractivity (Wildman–Crippen MR) is 107 cm³/mol. The van der Waals surface area contributed by atoms with Crippen molar-refractivity contribution in [2.45, 2.75) is 0 Å². The Kier molecular flexibility index (Phi) is 2.28. The van der Waals surface area contributed by atoms with E-state index in [1.54, 1.807) is 0 Å². The fourth-order valence-electron chi connectivity index (χ4n) is 4.16. The van der Waals surface area contributed by atoms with Crippen LogP contribution in [0.15, 0.2) is 66.7 Å². The van der Waals surface area contributed by atoms with Gasteiger partial charge in [0.25, 0.3) is 0 Å². The highest BCUT2D eigenvalue weighted by atomic mass is 32.1. The van der Waals surface area contributed by atoms with Crippen molar-refractivity contribution in [2.24, 2.45) is 0 Å². The largest absolute Gasteiger partial charge is 0.135 e. The van der Waals surface area contributed by atoms with Crippen LogP contribution in [0.5, 0.6) is 0 Å². The van der Waals surface area contributed by atoms with Gasteiger partial charge < -0.3 is 0 Å². The Morgan fingerprint density at radius 2 is 1.38 bits per heavy atom. The zero-order valence-electron chi connectivity index (χ0n) is 12.8. The molecule has 0 nitrogen and oxygen atoms in total. The molecule has 0 saturated carbocycles. The molecule has 1 aliphatic carbocycles. The normalized spacial score (nSPS) is 12.3. The van der Waals surface area contributed by atoms with Gasteiger partial charge in [-0.1, -0.05) is 66.1 Å². The van der Waals surface area contributed by atoms with E-state index in [-0.39, 0.29) is 0 Å². The molecule has 6 rings (SSSR count). The molecule has 0 amide bonds. The smallest absolute Gasteiger partial charge is 0.113 e. The summed E-state index contributed by atoms with van der Waals surface area (Å²) in [4.78, 5) is 0. The maximum absolute atomic E-state index is 5.99. The van der Waals surface area contributed by atoms with E-state index in [1.807, 2.05) is 17.4 Å². The molecule has 0 spiro atoms. The molecule has 1 aromatic heterocycles. The average molecular weight is 318 g/mol. The Morgan fingerprint density at radius 3 is 2.25 bits per heavy atom. The number of fused-ring (bicyclic) bond motifs is 7. The third-order valence-corrected chi connectivity index (χ3v) is 6.23. The Balaban J connectivity index is 1.91. The first kappa shape index (κ1) is 12.8. The van der Waals surface area contributed by atoms with Crippen LogP contribution in [0.2, 0.25) is 0 Å². The molecule has 108 valence electrons. The lowest BCUT2D eigenvalue weighted by Crippen LogP contribution is -1.98. The van der Waals surface area contributed by atoms with Gasteiger partial charge in [0.05, 0.1) is 0 Å². The summed E-state index contributed by atoms with van der Waals surface area (Å²) < 4.78 is 2.61. The van der Waals surface area contributed by atoms with Crippen molar-refractivity contribution in [3.63, 3.8) is 0 Å². The second kappa shape index (κ2) is 4.28. The van der Waals surface area contributed by atoms with Crippen LogP contribution in [0.1, 0.15) is 0 Å². The first-order valence-corrected chi connectivity index (χ1v) is 8.90. The quantitative estimate of drug-likeness (QED) is 0.318. The molecule has 0 fully saturated rings. The van der Waals surface area contributed by atoms with E-state index >= 15 is 0 Å². The van der Waals surface area contributed by atoms with Crippen molar-refractivity contribution in [3.05, 3.63) is 66.7 Å². The summed E-state index contributed by atoms with van der Waals surface area (Å²) in [7, 11) is 5.99. The average Bonchev–Trinajstić information content (AvgIpc) is 3.12. The highest BCUT2D eigenvalue weighted by Crippen LogP contribution is 2.51. The van der Waals surface area contributed by atoms with Crippen LogP contribution in [-0.4, -0.2) is 7.85 Å². The van der Waals surface area contributed by atoms with Gasteiger partial charge in [-0.15, -0.1) is 11.3 Å². The van der Waals surface area contributed by atoms with Crippen molar-refractivity contribution < 1.29 is 0 Å². The first-order chi connectivity index (χ1) is 11.8. The number of thiophene rings is 1. The van der Waals surface area contributed by atoms with Crippen LogP contribution in [0.25, 0.3) is 53.2 Å². The second-order valence-electron chi connectivity index (χ2n) is 6.43. The van der Waals surface area contributed by atoms with Gasteiger partial charge in [-0.05, 0) is 39.1 Å². The highest BCUT2D eigenvalue weighted by Gasteiger charge is 2.23. The Labute approximate surface area is 144 Å². The molecule has 5 aromatic rings. The van der Waals surface area contributed by atoms with E-state index in [2.05, 4.69) is 60.7 Å². The summed E-state index contributed by atoms with van der Waals surface area (Å²) in [6.45, 7) is 0. The van der Waals surface area contributed by atoms with E-state index < -0.39 is 0 Å². The van der Waals surface area contributed by atoms with E-state index in [4.69, 9.17) is 7.85 Å². The number of hydrogen-bond acceptors (Lipinski definition) is 1. The molecule has 4 aromatic carbocycles. The Morgan fingerprint density at radius 1 is 0.583 bits per heavy atom. The summed E-state index contributed by atoms with van der Waals surface area (Å²) in [6, 6.07) is 24.1. The zero-order valence-corrected chi connectivity index (χ0v) is 13.7. The van der Waals surface area contributed by atoms with Crippen LogP contribution in [0.4, 0.5) is 0 Å². The van der Waals surface area contributed by atoms with Gasteiger partial charge in [0.2, 0.25) is 0 Å². The van der Waals surface area contributed by atoms with Gasteiger partial charge in [0.1, 0.15) is 7.85 Å². The summed E-state index contributed by atoms with van der Waals surface area (Å²) in [6.07, 6.45) is 0.